The van der Waals surface area contributed by atoms with E-state index in [-0.39, 0.29) is 6.42 Å². The summed E-state index contributed by atoms with van der Waals surface area (Å²) in [6.45, 7) is 1.04. The lowest BCUT2D eigenvalue weighted by molar-refractivity contribution is -0.146. The summed E-state index contributed by atoms with van der Waals surface area (Å²) in [5, 5.41) is 50.8. The molecule has 0 bridgehead atoms. The molecule has 33 heavy (non-hydrogen) atoms. The Morgan fingerprint density at radius 3 is 1.52 bits per heavy atom. The second kappa shape index (κ2) is 13.6. The lowest BCUT2D eigenvalue weighted by atomic mass is 10.1. The fourth-order valence-electron chi connectivity index (χ4n) is 2.37. The van der Waals surface area contributed by atoms with Crippen LogP contribution in [-0.2, 0) is 33.6 Å². The highest BCUT2D eigenvalue weighted by molar-refractivity contribution is 5.97. The Bertz CT molecular complexity index is 784. The molecular weight excluding hydrogens is 452 g/mol. The van der Waals surface area contributed by atoms with Crippen molar-refractivity contribution in [2.75, 3.05) is 0 Å². The van der Waals surface area contributed by atoms with E-state index in [1.54, 1.807) is 0 Å². The van der Waals surface area contributed by atoms with Gasteiger partial charge in [-0.05, 0) is 13.3 Å². The van der Waals surface area contributed by atoms with Gasteiger partial charge in [0.1, 0.15) is 12.1 Å². The lowest BCUT2D eigenvalue weighted by Gasteiger charge is -2.24. The van der Waals surface area contributed by atoms with Gasteiger partial charge in [-0.15, -0.1) is 0 Å². The summed E-state index contributed by atoms with van der Waals surface area (Å²) in [6.07, 6.45) is -4.45. The first-order valence-electron chi connectivity index (χ1n) is 9.38. The molecule has 5 atom stereocenters. The summed E-state index contributed by atoms with van der Waals surface area (Å²) in [6, 6.07) is -6.98. The molecule has 0 saturated carbocycles. The van der Waals surface area contributed by atoms with E-state index in [4.69, 9.17) is 26.2 Å². The van der Waals surface area contributed by atoms with Gasteiger partial charge in [-0.1, -0.05) is 0 Å². The third-order valence-corrected chi connectivity index (χ3v) is 4.08. The van der Waals surface area contributed by atoms with E-state index in [0.717, 1.165) is 6.92 Å². The Hall–Kier alpha value is -3.79. The maximum absolute atomic E-state index is 12.5. The minimum absolute atomic E-state index is 0.331. The number of carboxylic acids is 4. The standard InChI is InChI=1S/C17H26N4O12/c1-6(22)13(17(32)33)21-16(31)9(5-12(27)28)20-15(30)8(4-11(25)26)19-14(29)7(18)2-3-10(23)24/h6-9,13,22H,2-5,18H2,1H3,(H,19,29)(H,20,30)(H,21,31)(H,23,24)(H,25,26)(H,27,28)(H,32,33). The van der Waals surface area contributed by atoms with Crippen LogP contribution in [-0.4, -0.2) is 97.4 Å². The second-order valence-corrected chi connectivity index (χ2v) is 6.92. The van der Waals surface area contributed by atoms with Crippen LogP contribution in [0.4, 0.5) is 0 Å². The first-order valence-corrected chi connectivity index (χ1v) is 9.38. The monoisotopic (exact) mass is 478 g/mol. The molecule has 0 radical (unpaired) electrons. The first kappa shape index (κ1) is 29.2. The molecule has 10 N–H and O–H groups in total. The number of aliphatic hydroxyl groups excluding tert-OH is 1. The molecule has 0 heterocycles. The van der Waals surface area contributed by atoms with Gasteiger partial charge in [-0.25, -0.2) is 4.79 Å². The Kier molecular flexibility index (Phi) is 12.0. The molecule has 0 aromatic rings. The molecule has 0 rings (SSSR count). The fourth-order valence-corrected chi connectivity index (χ4v) is 2.37. The highest BCUT2D eigenvalue weighted by atomic mass is 16.4. The van der Waals surface area contributed by atoms with Gasteiger partial charge in [0.05, 0.1) is 25.0 Å². The second-order valence-electron chi connectivity index (χ2n) is 6.92. The number of carbonyl (C=O) groups is 7. The number of rotatable bonds is 15. The molecule has 0 aliphatic rings. The number of aliphatic hydroxyl groups is 1. The lowest BCUT2D eigenvalue weighted by Crippen LogP contribution is -2.59. The van der Waals surface area contributed by atoms with Crippen LogP contribution in [0.1, 0.15) is 32.6 Å². The predicted molar refractivity (Wildman–Crippen MR) is 104 cm³/mol. The van der Waals surface area contributed by atoms with Crippen molar-refractivity contribution in [1.82, 2.24) is 16.0 Å². The average molecular weight is 478 g/mol. The van der Waals surface area contributed by atoms with Gasteiger partial charge < -0.3 is 47.2 Å². The van der Waals surface area contributed by atoms with E-state index in [0.29, 0.717) is 0 Å². The number of amides is 3. The Labute approximate surface area is 186 Å². The van der Waals surface area contributed by atoms with Crippen LogP contribution in [0, 0.1) is 0 Å². The molecule has 186 valence electrons. The van der Waals surface area contributed by atoms with Crippen molar-refractivity contribution in [2.45, 2.75) is 62.9 Å². The van der Waals surface area contributed by atoms with Crippen LogP contribution in [0.2, 0.25) is 0 Å². The van der Waals surface area contributed by atoms with Gasteiger partial charge in [0.25, 0.3) is 0 Å². The van der Waals surface area contributed by atoms with E-state index in [1.165, 1.54) is 0 Å². The van der Waals surface area contributed by atoms with E-state index < -0.39 is 91.1 Å². The summed E-state index contributed by atoms with van der Waals surface area (Å²) in [5.74, 6) is -9.73. The van der Waals surface area contributed by atoms with Gasteiger partial charge in [0.2, 0.25) is 17.7 Å². The van der Waals surface area contributed by atoms with Crippen molar-refractivity contribution >= 4 is 41.6 Å². The molecule has 0 saturated heterocycles. The smallest absolute Gasteiger partial charge is 0.328 e. The predicted octanol–water partition coefficient (Wildman–Crippen LogP) is -3.95. The third-order valence-electron chi connectivity index (χ3n) is 4.08. The number of carboxylic acid groups (broad SMARTS) is 4. The number of nitrogens with two attached hydrogens (primary N) is 1. The molecule has 0 aromatic heterocycles. The first-order chi connectivity index (χ1) is 15.1. The molecule has 5 unspecified atom stereocenters. The maximum Gasteiger partial charge on any atom is 0.328 e. The Morgan fingerprint density at radius 2 is 1.15 bits per heavy atom. The largest absolute Gasteiger partial charge is 0.481 e. The highest BCUT2D eigenvalue weighted by Crippen LogP contribution is 2.03. The molecule has 3 amide bonds. The molecule has 0 aliphatic carbocycles. The third kappa shape index (κ3) is 11.4. The van der Waals surface area contributed by atoms with E-state index >= 15 is 0 Å². The molecule has 16 heteroatoms. The van der Waals surface area contributed by atoms with Crippen LogP contribution in [0.5, 0.6) is 0 Å². The minimum atomic E-state index is -1.90. The van der Waals surface area contributed by atoms with Gasteiger partial charge in [0.15, 0.2) is 6.04 Å². The molecule has 0 fully saturated rings. The summed E-state index contributed by atoms with van der Waals surface area (Å²) in [7, 11) is 0. The SMILES string of the molecule is CC(O)C(NC(=O)C(CC(=O)O)NC(=O)C(CC(=O)O)NC(=O)C(N)CCC(=O)O)C(=O)O. The summed E-state index contributed by atoms with van der Waals surface area (Å²) >= 11 is 0. The summed E-state index contributed by atoms with van der Waals surface area (Å²) in [5.41, 5.74) is 5.50. The van der Waals surface area contributed by atoms with Crippen molar-refractivity contribution < 1.29 is 59.1 Å². The van der Waals surface area contributed by atoms with Crippen LogP contribution >= 0.6 is 0 Å². The quantitative estimate of drug-likeness (QED) is 0.109. The van der Waals surface area contributed by atoms with Crippen LogP contribution in [0.3, 0.4) is 0 Å². The van der Waals surface area contributed by atoms with Crippen LogP contribution < -0.4 is 21.7 Å². The van der Waals surface area contributed by atoms with Gasteiger partial charge in [-0.3, -0.25) is 28.8 Å². The number of nitrogens with one attached hydrogen (secondary N) is 3. The van der Waals surface area contributed by atoms with Gasteiger partial charge in [-0.2, -0.15) is 0 Å². The zero-order valence-electron chi connectivity index (χ0n) is 17.4. The average Bonchev–Trinajstić information content (AvgIpc) is 2.67. The number of hydrogen-bond donors (Lipinski definition) is 9. The number of carbonyl (C=O) groups excluding carboxylic acids is 3. The van der Waals surface area contributed by atoms with E-state index in [2.05, 4.69) is 0 Å². The summed E-state index contributed by atoms with van der Waals surface area (Å²) < 4.78 is 0. The van der Waals surface area contributed by atoms with Crippen LogP contribution in [0.15, 0.2) is 0 Å². The number of aliphatic carboxylic acids is 4. The highest BCUT2D eigenvalue weighted by Gasteiger charge is 2.33. The topological polar surface area (TPSA) is 283 Å². The van der Waals surface area contributed by atoms with Gasteiger partial charge >= 0.3 is 23.9 Å². The molecule has 0 spiro atoms. The van der Waals surface area contributed by atoms with Crippen molar-refractivity contribution in [3.8, 4) is 0 Å². The number of hydrogen-bond acceptors (Lipinski definition) is 9. The Morgan fingerprint density at radius 1 is 0.727 bits per heavy atom. The van der Waals surface area contributed by atoms with E-state index in [1.807, 2.05) is 16.0 Å². The van der Waals surface area contributed by atoms with E-state index in [9.17, 15) is 38.7 Å². The molecular formula is C17H26N4O12. The van der Waals surface area contributed by atoms with Crippen molar-refractivity contribution in [3.05, 3.63) is 0 Å². The van der Waals surface area contributed by atoms with Gasteiger partial charge in [0, 0.05) is 6.42 Å². The zero-order valence-corrected chi connectivity index (χ0v) is 17.4. The van der Waals surface area contributed by atoms with Crippen molar-refractivity contribution in [1.29, 1.82) is 0 Å². The maximum atomic E-state index is 12.5. The minimum Gasteiger partial charge on any atom is -0.481 e. The Balaban J connectivity index is 5.51. The molecule has 0 aromatic carbocycles. The summed E-state index contributed by atoms with van der Waals surface area (Å²) in [4.78, 5) is 80.7. The fraction of sp³-hybridized carbons (Fsp3) is 0.588. The normalized spacial score (nSPS) is 15.1. The van der Waals surface area contributed by atoms with Crippen molar-refractivity contribution in [3.63, 3.8) is 0 Å². The molecule has 0 aliphatic heterocycles. The van der Waals surface area contributed by atoms with Crippen LogP contribution in [0.25, 0.3) is 0 Å². The van der Waals surface area contributed by atoms with Crippen molar-refractivity contribution in [2.24, 2.45) is 5.73 Å². The molecule has 16 nitrogen and oxygen atoms in total. The zero-order chi connectivity index (χ0) is 25.9.